The number of carboxylic acids is 1. The summed E-state index contributed by atoms with van der Waals surface area (Å²) in [4.78, 5) is 13.3. The topological polar surface area (TPSA) is 42.2 Å². The second-order valence-corrected chi connectivity index (χ2v) is 7.69. The van der Waals surface area contributed by atoms with Crippen LogP contribution in [-0.2, 0) is 11.3 Å². The standard InChI is InChI=1S/C19H15ClFNO2S/c20-12-1-4-14(5-2-12)25-19-15-6-3-13(21)10-16(15)22-8-7-11(18(19)22)9-17(23)24/h1-6,10-11H,7-9H2,(H,23,24)/t11-/m0/s1. The van der Waals surface area contributed by atoms with Crippen LogP contribution in [0.4, 0.5) is 4.39 Å². The fourth-order valence-electron chi connectivity index (χ4n) is 3.52. The highest BCUT2D eigenvalue weighted by molar-refractivity contribution is 7.99. The molecule has 3 aromatic rings. The number of aryl methyl sites for hydroxylation is 1. The first-order valence-corrected chi connectivity index (χ1v) is 9.19. The van der Waals surface area contributed by atoms with Crippen molar-refractivity contribution < 1.29 is 14.3 Å². The lowest BCUT2D eigenvalue weighted by atomic mass is 10.0. The molecule has 0 radical (unpaired) electrons. The Morgan fingerprint density at radius 1 is 1.28 bits per heavy atom. The van der Waals surface area contributed by atoms with Gasteiger partial charge < -0.3 is 9.67 Å². The van der Waals surface area contributed by atoms with E-state index in [9.17, 15) is 14.3 Å². The number of aromatic nitrogens is 1. The highest BCUT2D eigenvalue weighted by Gasteiger charge is 2.31. The zero-order valence-electron chi connectivity index (χ0n) is 13.2. The highest BCUT2D eigenvalue weighted by atomic mass is 35.5. The lowest BCUT2D eigenvalue weighted by Crippen LogP contribution is -2.04. The third-order valence-electron chi connectivity index (χ3n) is 4.56. The van der Waals surface area contributed by atoms with Gasteiger partial charge in [0, 0.05) is 38.4 Å². The number of carboxylic acid groups (broad SMARTS) is 1. The van der Waals surface area contributed by atoms with Crippen LogP contribution in [0.2, 0.25) is 5.02 Å². The molecule has 2 heterocycles. The second-order valence-electron chi connectivity index (χ2n) is 6.17. The molecule has 6 heteroatoms. The predicted molar refractivity (Wildman–Crippen MR) is 97.1 cm³/mol. The summed E-state index contributed by atoms with van der Waals surface area (Å²) < 4.78 is 15.8. The van der Waals surface area contributed by atoms with E-state index in [1.165, 1.54) is 12.1 Å². The first-order valence-electron chi connectivity index (χ1n) is 8.00. The van der Waals surface area contributed by atoms with Crippen LogP contribution in [-0.4, -0.2) is 15.6 Å². The fourth-order valence-corrected chi connectivity index (χ4v) is 4.81. The van der Waals surface area contributed by atoms with Crippen LogP contribution >= 0.6 is 23.4 Å². The highest BCUT2D eigenvalue weighted by Crippen LogP contribution is 2.46. The van der Waals surface area contributed by atoms with Crippen molar-refractivity contribution >= 4 is 40.2 Å². The third kappa shape index (κ3) is 3.02. The van der Waals surface area contributed by atoms with E-state index in [0.29, 0.717) is 11.6 Å². The molecular formula is C19H15ClFNO2S. The molecule has 4 rings (SSSR count). The van der Waals surface area contributed by atoms with E-state index >= 15 is 0 Å². The number of rotatable bonds is 4. The number of hydrogen-bond acceptors (Lipinski definition) is 2. The van der Waals surface area contributed by atoms with Crippen LogP contribution in [0.1, 0.15) is 24.5 Å². The molecule has 0 saturated carbocycles. The van der Waals surface area contributed by atoms with Crippen LogP contribution in [0.25, 0.3) is 10.9 Å². The number of hydrogen-bond donors (Lipinski definition) is 1. The van der Waals surface area contributed by atoms with Crippen molar-refractivity contribution in [3.8, 4) is 0 Å². The van der Waals surface area contributed by atoms with Gasteiger partial charge in [0.15, 0.2) is 0 Å². The van der Waals surface area contributed by atoms with Gasteiger partial charge in [-0.25, -0.2) is 4.39 Å². The van der Waals surface area contributed by atoms with Gasteiger partial charge in [-0.1, -0.05) is 23.4 Å². The molecule has 25 heavy (non-hydrogen) atoms. The molecule has 0 saturated heterocycles. The van der Waals surface area contributed by atoms with E-state index in [-0.39, 0.29) is 18.2 Å². The predicted octanol–water partition coefficient (Wildman–Crippen LogP) is 5.55. The van der Waals surface area contributed by atoms with Crippen LogP contribution in [0, 0.1) is 5.82 Å². The van der Waals surface area contributed by atoms with Gasteiger partial charge in [0.2, 0.25) is 0 Å². The molecule has 1 atom stereocenters. The lowest BCUT2D eigenvalue weighted by Gasteiger charge is -2.10. The van der Waals surface area contributed by atoms with E-state index in [2.05, 4.69) is 4.57 Å². The van der Waals surface area contributed by atoms with Crippen molar-refractivity contribution in [2.24, 2.45) is 0 Å². The molecule has 0 unspecified atom stereocenters. The number of aliphatic carboxylic acids is 1. The van der Waals surface area contributed by atoms with E-state index in [4.69, 9.17) is 11.6 Å². The molecule has 1 N–H and O–H groups in total. The number of halogens is 2. The SMILES string of the molecule is O=C(O)C[C@@H]1CCn2c1c(Sc1ccc(Cl)cc1)c1ccc(F)cc12. The molecule has 0 amide bonds. The summed E-state index contributed by atoms with van der Waals surface area (Å²) in [6.45, 7) is 0.717. The molecule has 0 fully saturated rings. The Morgan fingerprint density at radius 3 is 2.76 bits per heavy atom. The zero-order valence-corrected chi connectivity index (χ0v) is 14.8. The molecule has 0 spiro atoms. The average molecular weight is 376 g/mol. The Balaban J connectivity index is 1.86. The zero-order chi connectivity index (χ0) is 17.6. The summed E-state index contributed by atoms with van der Waals surface area (Å²) in [7, 11) is 0. The van der Waals surface area contributed by atoms with Crippen molar-refractivity contribution in [2.45, 2.75) is 35.1 Å². The molecule has 1 aliphatic rings. The molecule has 128 valence electrons. The fraction of sp³-hybridized carbons (Fsp3) is 0.211. The second kappa shape index (κ2) is 6.39. The van der Waals surface area contributed by atoms with Crippen LogP contribution < -0.4 is 0 Å². The largest absolute Gasteiger partial charge is 0.481 e. The molecule has 1 aromatic heterocycles. The quantitative estimate of drug-likeness (QED) is 0.650. The van der Waals surface area contributed by atoms with E-state index < -0.39 is 5.97 Å². The molecule has 2 aromatic carbocycles. The first kappa shape index (κ1) is 16.5. The summed E-state index contributed by atoms with van der Waals surface area (Å²) in [5.74, 6) is -1.14. The average Bonchev–Trinajstić information content (AvgIpc) is 3.09. The van der Waals surface area contributed by atoms with Gasteiger partial charge in [0.25, 0.3) is 0 Å². The minimum absolute atomic E-state index is 0.0530. The van der Waals surface area contributed by atoms with Gasteiger partial charge in [0.05, 0.1) is 11.9 Å². The summed E-state index contributed by atoms with van der Waals surface area (Å²) in [5, 5.41) is 10.9. The van der Waals surface area contributed by atoms with Crippen molar-refractivity contribution in [1.82, 2.24) is 4.57 Å². The van der Waals surface area contributed by atoms with Gasteiger partial charge in [-0.3, -0.25) is 4.79 Å². The number of nitrogens with zero attached hydrogens (tertiary/aromatic N) is 1. The van der Waals surface area contributed by atoms with E-state index in [1.807, 2.05) is 24.3 Å². The summed E-state index contributed by atoms with van der Waals surface area (Å²) in [6.07, 6.45) is 0.856. The maximum absolute atomic E-state index is 13.8. The Morgan fingerprint density at radius 2 is 2.04 bits per heavy atom. The molecular weight excluding hydrogens is 361 g/mol. The Labute approximate surface area is 153 Å². The van der Waals surface area contributed by atoms with Crippen molar-refractivity contribution in [1.29, 1.82) is 0 Å². The normalized spacial score (nSPS) is 16.3. The Bertz CT molecular complexity index is 968. The van der Waals surface area contributed by atoms with Crippen LogP contribution in [0.15, 0.2) is 52.3 Å². The Hall–Kier alpha value is -1.98. The molecule has 1 aliphatic heterocycles. The lowest BCUT2D eigenvalue weighted by molar-refractivity contribution is -0.137. The minimum Gasteiger partial charge on any atom is -0.481 e. The van der Waals surface area contributed by atoms with Crippen molar-refractivity contribution in [3.05, 3.63) is 59.0 Å². The van der Waals surface area contributed by atoms with Crippen molar-refractivity contribution in [3.63, 3.8) is 0 Å². The van der Waals surface area contributed by atoms with Gasteiger partial charge in [-0.05, 0) is 48.9 Å². The van der Waals surface area contributed by atoms with Gasteiger partial charge >= 0.3 is 5.97 Å². The maximum Gasteiger partial charge on any atom is 0.304 e. The van der Waals surface area contributed by atoms with E-state index in [0.717, 1.165) is 32.8 Å². The van der Waals surface area contributed by atoms with Crippen LogP contribution in [0.3, 0.4) is 0 Å². The van der Waals surface area contributed by atoms with E-state index in [1.54, 1.807) is 17.8 Å². The molecule has 0 aliphatic carbocycles. The summed E-state index contributed by atoms with van der Waals surface area (Å²) in [6, 6.07) is 12.3. The van der Waals surface area contributed by atoms with Gasteiger partial charge in [-0.15, -0.1) is 0 Å². The third-order valence-corrected chi connectivity index (χ3v) is 5.95. The van der Waals surface area contributed by atoms with Crippen molar-refractivity contribution in [2.75, 3.05) is 0 Å². The number of fused-ring (bicyclic) bond motifs is 3. The molecule has 0 bridgehead atoms. The summed E-state index contributed by atoms with van der Waals surface area (Å²) in [5.41, 5.74) is 1.84. The number of benzene rings is 2. The Kier molecular flexibility index (Phi) is 4.21. The maximum atomic E-state index is 13.8. The summed E-state index contributed by atoms with van der Waals surface area (Å²) >= 11 is 7.54. The van der Waals surface area contributed by atoms with Gasteiger partial charge in [-0.2, -0.15) is 0 Å². The van der Waals surface area contributed by atoms with Gasteiger partial charge in [0.1, 0.15) is 5.82 Å². The monoisotopic (exact) mass is 375 g/mol. The number of carbonyl (C=O) groups is 1. The first-order chi connectivity index (χ1) is 12.0. The smallest absolute Gasteiger partial charge is 0.304 e. The molecule has 3 nitrogen and oxygen atoms in total. The minimum atomic E-state index is -0.808. The van der Waals surface area contributed by atoms with Crippen LogP contribution in [0.5, 0.6) is 0 Å².